The summed E-state index contributed by atoms with van der Waals surface area (Å²) in [5.74, 6) is 0.505. The lowest BCUT2D eigenvalue weighted by atomic mass is 9.94. The number of hydrogen-bond donors (Lipinski definition) is 1. The van der Waals surface area contributed by atoms with Gasteiger partial charge in [-0.2, -0.15) is 0 Å². The Labute approximate surface area is 80.6 Å². The molecule has 0 spiro atoms. The summed E-state index contributed by atoms with van der Waals surface area (Å²) in [5.41, 5.74) is 5.96. The molecular weight excluding hydrogens is 166 g/mol. The fraction of sp³-hybridized carbons (Fsp3) is 1.00. The Balaban J connectivity index is 2.05. The standard InChI is InChI=1S/C10H21NO2/c1-2-5-12-6-3-9-8-13-7-4-10(9)11/h9-10H,2-8,11H2,1H3. The summed E-state index contributed by atoms with van der Waals surface area (Å²) in [5, 5.41) is 0. The zero-order valence-electron chi connectivity index (χ0n) is 8.50. The summed E-state index contributed by atoms with van der Waals surface area (Å²) < 4.78 is 10.8. The van der Waals surface area contributed by atoms with Crippen molar-refractivity contribution in [2.45, 2.75) is 32.2 Å². The number of hydrogen-bond acceptors (Lipinski definition) is 3. The van der Waals surface area contributed by atoms with Crippen LogP contribution in [0.1, 0.15) is 26.2 Å². The lowest BCUT2D eigenvalue weighted by molar-refractivity contribution is 0.0228. The molecule has 1 saturated heterocycles. The third kappa shape index (κ3) is 4.07. The number of rotatable bonds is 5. The van der Waals surface area contributed by atoms with Crippen molar-refractivity contribution in [3.05, 3.63) is 0 Å². The molecule has 13 heavy (non-hydrogen) atoms. The van der Waals surface area contributed by atoms with Crippen molar-refractivity contribution >= 4 is 0 Å². The van der Waals surface area contributed by atoms with Gasteiger partial charge in [0.25, 0.3) is 0 Å². The Morgan fingerprint density at radius 3 is 3.00 bits per heavy atom. The molecule has 0 saturated carbocycles. The van der Waals surface area contributed by atoms with E-state index in [1.54, 1.807) is 0 Å². The first-order valence-corrected chi connectivity index (χ1v) is 5.25. The normalized spacial score (nSPS) is 29.1. The molecule has 0 aliphatic carbocycles. The van der Waals surface area contributed by atoms with Gasteiger partial charge >= 0.3 is 0 Å². The molecule has 2 atom stereocenters. The lowest BCUT2D eigenvalue weighted by Crippen LogP contribution is -2.39. The van der Waals surface area contributed by atoms with Crippen molar-refractivity contribution in [2.24, 2.45) is 11.7 Å². The zero-order valence-corrected chi connectivity index (χ0v) is 8.50. The van der Waals surface area contributed by atoms with E-state index < -0.39 is 0 Å². The molecule has 1 heterocycles. The third-order valence-electron chi connectivity index (χ3n) is 2.51. The van der Waals surface area contributed by atoms with Crippen LogP contribution in [-0.2, 0) is 9.47 Å². The highest BCUT2D eigenvalue weighted by Crippen LogP contribution is 2.16. The van der Waals surface area contributed by atoms with Gasteiger partial charge in [0.05, 0.1) is 6.61 Å². The quantitative estimate of drug-likeness (QED) is 0.657. The molecule has 3 nitrogen and oxygen atoms in total. The first-order valence-electron chi connectivity index (χ1n) is 5.25. The summed E-state index contributed by atoms with van der Waals surface area (Å²) >= 11 is 0. The van der Waals surface area contributed by atoms with Crippen LogP contribution < -0.4 is 5.73 Å². The van der Waals surface area contributed by atoms with Crippen LogP contribution in [0, 0.1) is 5.92 Å². The van der Waals surface area contributed by atoms with Crippen LogP contribution in [0.3, 0.4) is 0 Å². The Hall–Kier alpha value is -0.120. The minimum atomic E-state index is 0.318. The third-order valence-corrected chi connectivity index (χ3v) is 2.51. The van der Waals surface area contributed by atoms with Gasteiger partial charge in [0, 0.05) is 25.9 Å². The Morgan fingerprint density at radius 2 is 2.31 bits per heavy atom. The van der Waals surface area contributed by atoms with E-state index in [9.17, 15) is 0 Å². The summed E-state index contributed by atoms with van der Waals surface area (Å²) in [7, 11) is 0. The number of ether oxygens (including phenoxy) is 2. The first-order chi connectivity index (χ1) is 6.34. The first kappa shape index (κ1) is 11.0. The van der Waals surface area contributed by atoms with Crippen LogP contribution in [0.2, 0.25) is 0 Å². The Morgan fingerprint density at radius 1 is 1.46 bits per heavy atom. The minimum Gasteiger partial charge on any atom is -0.381 e. The summed E-state index contributed by atoms with van der Waals surface area (Å²) in [6, 6.07) is 0.318. The van der Waals surface area contributed by atoms with Gasteiger partial charge in [0.15, 0.2) is 0 Å². The van der Waals surface area contributed by atoms with Gasteiger partial charge in [0.1, 0.15) is 0 Å². The van der Waals surface area contributed by atoms with E-state index in [4.69, 9.17) is 15.2 Å². The molecule has 1 rings (SSSR count). The summed E-state index contributed by atoms with van der Waals surface area (Å²) in [6.07, 6.45) is 3.13. The fourth-order valence-electron chi connectivity index (χ4n) is 1.59. The predicted molar refractivity (Wildman–Crippen MR) is 52.6 cm³/mol. The molecule has 1 aliphatic rings. The molecule has 1 fully saturated rings. The predicted octanol–water partition coefficient (Wildman–Crippen LogP) is 1.17. The molecule has 0 aromatic heterocycles. The maximum absolute atomic E-state index is 5.96. The van der Waals surface area contributed by atoms with Crippen LogP contribution >= 0.6 is 0 Å². The highest BCUT2D eigenvalue weighted by Gasteiger charge is 2.21. The maximum atomic E-state index is 5.96. The van der Waals surface area contributed by atoms with Gasteiger partial charge in [-0.05, 0) is 25.2 Å². The van der Waals surface area contributed by atoms with Crippen molar-refractivity contribution in [3.63, 3.8) is 0 Å². The molecule has 0 amide bonds. The number of nitrogens with two attached hydrogens (primary N) is 1. The second-order valence-electron chi connectivity index (χ2n) is 3.69. The van der Waals surface area contributed by atoms with Gasteiger partial charge in [-0.25, -0.2) is 0 Å². The van der Waals surface area contributed by atoms with E-state index in [2.05, 4.69) is 6.92 Å². The van der Waals surface area contributed by atoms with Crippen LogP contribution in [0.5, 0.6) is 0 Å². The molecule has 0 bridgehead atoms. The smallest absolute Gasteiger partial charge is 0.0509 e. The van der Waals surface area contributed by atoms with Crippen molar-refractivity contribution in [2.75, 3.05) is 26.4 Å². The lowest BCUT2D eigenvalue weighted by Gasteiger charge is -2.28. The van der Waals surface area contributed by atoms with E-state index in [0.29, 0.717) is 12.0 Å². The van der Waals surface area contributed by atoms with Crippen LogP contribution in [-0.4, -0.2) is 32.5 Å². The molecule has 78 valence electrons. The monoisotopic (exact) mass is 187 g/mol. The SMILES string of the molecule is CCCOCCC1COCCC1N. The summed E-state index contributed by atoms with van der Waals surface area (Å²) in [6.45, 7) is 5.46. The largest absolute Gasteiger partial charge is 0.381 e. The molecule has 0 aromatic rings. The van der Waals surface area contributed by atoms with Crippen molar-refractivity contribution in [1.82, 2.24) is 0 Å². The molecule has 1 aliphatic heterocycles. The topological polar surface area (TPSA) is 44.5 Å². The average Bonchev–Trinajstić information content (AvgIpc) is 2.15. The Bertz CT molecular complexity index is 130. The highest BCUT2D eigenvalue weighted by atomic mass is 16.5. The van der Waals surface area contributed by atoms with E-state index in [-0.39, 0.29) is 0 Å². The van der Waals surface area contributed by atoms with Crippen LogP contribution in [0.15, 0.2) is 0 Å². The fourth-order valence-corrected chi connectivity index (χ4v) is 1.59. The van der Waals surface area contributed by atoms with Gasteiger partial charge in [-0.15, -0.1) is 0 Å². The maximum Gasteiger partial charge on any atom is 0.0509 e. The van der Waals surface area contributed by atoms with E-state index in [1.807, 2.05) is 0 Å². The van der Waals surface area contributed by atoms with E-state index in [0.717, 1.165) is 45.7 Å². The van der Waals surface area contributed by atoms with Gasteiger partial charge in [-0.1, -0.05) is 6.92 Å². The highest BCUT2D eigenvalue weighted by molar-refractivity contribution is 4.75. The van der Waals surface area contributed by atoms with Crippen LogP contribution in [0.25, 0.3) is 0 Å². The average molecular weight is 187 g/mol. The zero-order chi connectivity index (χ0) is 9.52. The second-order valence-corrected chi connectivity index (χ2v) is 3.69. The molecular formula is C10H21NO2. The van der Waals surface area contributed by atoms with Crippen molar-refractivity contribution < 1.29 is 9.47 Å². The van der Waals surface area contributed by atoms with Crippen molar-refractivity contribution in [1.29, 1.82) is 0 Å². The second kappa shape index (κ2) is 6.35. The van der Waals surface area contributed by atoms with Gasteiger partial charge < -0.3 is 15.2 Å². The minimum absolute atomic E-state index is 0.318. The van der Waals surface area contributed by atoms with E-state index >= 15 is 0 Å². The van der Waals surface area contributed by atoms with Crippen LogP contribution in [0.4, 0.5) is 0 Å². The molecule has 3 heteroatoms. The van der Waals surface area contributed by atoms with Gasteiger partial charge in [0.2, 0.25) is 0 Å². The van der Waals surface area contributed by atoms with Gasteiger partial charge in [-0.3, -0.25) is 0 Å². The molecule has 0 aromatic carbocycles. The van der Waals surface area contributed by atoms with E-state index in [1.165, 1.54) is 0 Å². The molecule has 2 unspecified atom stereocenters. The Kier molecular flexibility index (Phi) is 5.35. The summed E-state index contributed by atoms with van der Waals surface area (Å²) in [4.78, 5) is 0. The van der Waals surface area contributed by atoms with Crippen molar-refractivity contribution in [3.8, 4) is 0 Å². The molecule has 0 radical (unpaired) electrons. The molecule has 2 N–H and O–H groups in total.